The highest BCUT2D eigenvalue weighted by Crippen LogP contribution is 2.10. The number of ether oxygens (including phenoxy) is 2. The lowest BCUT2D eigenvalue weighted by molar-refractivity contribution is 0.147. The van der Waals surface area contributed by atoms with Gasteiger partial charge in [0.1, 0.15) is 0 Å². The highest BCUT2D eigenvalue weighted by Gasteiger charge is 2.01. The topological polar surface area (TPSA) is 18.5 Å². The van der Waals surface area contributed by atoms with Gasteiger partial charge in [0.05, 0.1) is 13.2 Å². The summed E-state index contributed by atoms with van der Waals surface area (Å²) < 4.78 is 10.8. The molecule has 0 bridgehead atoms. The Balaban J connectivity index is 2.46. The minimum absolute atomic E-state index is 0.793. The van der Waals surface area contributed by atoms with E-state index in [0.717, 1.165) is 39.3 Å². The van der Waals surface area contributed by atoms with Crippen molar-refractivity contribution in [1.29, 1.82) is 0 Å². The van der Waals surface area contributed by atoms with Crippen LogP contribution in [0, 0.1) is 0 Å². The highest BCUT2D eigenvalue weighted by atomic mass is 16.5. The molecule has 0 aliphatic carbocycles. The van der Waals surface area contributed by atoms with Crippen molar-refractivity contribution in [1.82, 2.24) is 0 Å². The molecule has 0 fully saturated rings. The van der Waals surface area contributed by atoms with Crippen molar-refractivity contribution in [2.24, 2.45) is 0 Å². The van der Waals surface area contributed by atoms with Crippen LogP contribution in [0.25, 0.3) is 0 Å². The molecule has 0 spiro atoms. The summed E-state index contributed by atoms with van der Waals surface area (Å²) in [5.74, 6) is 0. The van der Waals surface area contributed by atoms with E-state index in [0.29, 0.717) is 0 Å². The van der Waals surface area contributed by atoms with Crippen LogP contribution in [0.15, 0.2) is 24.3 Å². The zero-order chi connectivity index (χ0) is 11.6. The van der Waals surface area contributed by atoms with Crippen LogP contribution in [0.4, 0.5) is 0 Å². The Morgan fingerprint density at radius 2 is 1.25 bits per heavy atom. The average molecular weight is 222 g/mol. The van der Waals surface area contributed by atoms with E-state index in [1.807, 2.05) is 13.8 Å². The lowest BCUT2D eigenvalue weighted by Gasteiger charge is -2.09. The lowest BCUT2D eigenvalue weighted by atomic mass is 10.0. The molecule has 16 heavy (non-hydrogen) atoms. The molecular weight excluding hydrogens is 200 g/mol. The van der Waals surface area contributed by atoms with Gasteiger partial charge in [-0.1, -0.05) is 24.3 Å². The monoisotopic (exact) mass is 222 g/mol. The van der Waals surface area contributed by atoms with Crippen molar-refractivity contribution < 1.29 is 9.47 Å². The maximum absolute atomic E-state index is 5.39. The van der Waals surface area contributed by atoms with E-state index < -0.39 is 0 Å². The van der Waals surface area contributed by atoms with E-state index in [9.17, 15) is 0 Å². The summed E-state index contributed by atoms with van der Waals surface area (Å²) in [5, 5.41) is 0. The van der Waals surface area contributed by atoms with Gasteiger partial charge in [0.2, 0.25) is 0 Å². The second-order valence-corrected chi connectivity index (χ2v) is 3.66. The summed E-state index contributed by atoms with van der Waals surface area (Å²) >= 11 is 0. The zero-order valence-corrected chi connectivity index (χ0v) is 10.4. The molecule has 0 aromatic heterocycles. The van der Waals surface area contributed by atoms with Crippen molar-refractivity contribution in [2.75, 3.05) is 26.4 Å². The van der Waals surface area contributed by atoms with Gasteiger partial charge in [-0.25, -0.2) is 0 Å². The fraction of sp³-hybridized carbons (Fsp3) is 0.571. The van der Waals surface area contributed by atoms with Crippen LogP contribution in [0.5, 0.6) is 0 Å². The van der Waals surface area contributed by atoms with Crippen LogP contribution < -0.4 is 0 Å². The molecule has 2 heteroatoms. The Bertz CT molecular complexity index is 255. The number of hydrogen-bond donors (Lipinski definition) is 0. The summed E-state index contributed by atoms with van der Waals surface area (Å²) in [6, 6.07) is 8.54. The van der Waals surface area contributed by atoms with Gasteiger partial charge < -0.3 is 9.47 Å². The molecule has 2 nitrogen and oxygen atoms in total. The van der Waals surface area contributed by atoms with Crippen LogP contribution in [-0.4, -0.2) is 26.4 Å². The van der Waals surface area contributed by atoms with E-state index in [-0.39, 0.29) is 0 Å². The van der Waals surface area contributed by atoms with E-state index in [2.05, 4.69) is 24.3 Å². The molecule has 0 aliphatic heterocycles. The molecule has 0 N–H and O–H groups in total. The Kier molecular flexibility index (Phi) is 6.86. The predicted molar refractivity (Wildman–Crippen MR) is 66.8 cm³/mol. The van der Waals surface area contributed by atoms with Gasteiger partial charge in [0.25, 0.3) is 0 Å². The standard InChI is InChI=1S/C14H22O2/c1-3-15-11-9-13-7-5-6-8-14(13)10-12-16-4-2/h5-8H,3-4,9-12H2,1-2H3. The molecule has 0 amide bonds. The Hall–Kier alpha value is -0.860. The van der Waals surface area contributed by atoms with Gasteiger partial charge in [-0.15, -0.1) is 0 Å². The zero-order valence-electron chi connectivity index (χ0n) is 10.4. The molecule has 0 heterocycles. The molecule has 1 aromatic rings. The third-order valence-corrected chi connectivity index (χ3v) is 2.56. The minimum atomic E-state index is 0.793. The highest BCUT2D eigenvalue weighted by molar-refractivity contribution is 5.27. The lowest BCUT2D eigenvalue weighted by Crippen LogP contribution is -2.04. The van der Waals surface area contributed by atoms with Crippen LogP contribution in [-0.2, 0) is 22.3 Å². The molecule has 0 saturated heterocycles. The van der Waals surface area contributed by atoms with Crippen LogP contribution in [0.3, 0.4) is 0 Å². The van der Waals surface area contributed by atoms with Gasteiger partial charge in [-0.05, 0) is 37.8 Å². The Morgan fingerprint density at radius 3 is 1.62 bits per heavy atom. The van der Waals surface area contributed by atoms with Gasteiger partial charge >= 0.3 is 0 Å². The summed E-state index contributed by atoms with van der Waals surface area (Å²) in [4.78, 5) is 0. The number of rotatable bonds is 8. The first-order valence-corrected chi connectivity index (χ1v) is 6.10. The fourth-order valence-electron chi connectivity index (χ4n) is 1.70. The van der Waals surface area contributed by atoms with Gasteiger partial charge in [0.15, 0.2) is 0 Å². The summed E-state index contributed by atoms with van der Waals surface area (Å²) in [6.07, 6.45) is 1.99. The van der Waals surface area contributed by atoms with Crippen molar-refractivity contribution in [3.63, 3.8) is 0 Å². The molecule has 1 rings (SSSR count). The van der Waals surface area contributed by atoms with Crippen LogP contribution in [0.2, 0.25) is 0 Å². The maximum Gasteiger partial charge on any atom is 0.0506 e. The smallest absolute Gasteiger partial charge is 0.0506 e. The SMILES string of the molecule is CCOCCc1ccccc1CCOCC. The van der Waals surface area contributed by atoms with Gasteiger partial charge in [-0.2, -0.15) is 0 Å². The summed E-state index contributed by atoms with van der Waals surface area (Å²) in [7, 11) is 0. The van der Waals surface area contributed by atoms with Gasteiger partial charge in [0, 0.05) is 13.2 Å². The van der Waals surface area contributed by atoms with Crippen molar-refractivity contribution in [3.8, 4) is 0 Å². The van der Waals surface area contributed by atoms with Gasteiger partial charge in [-0.3, -0.25) is 0 Å². The fourth-order valence-corrected chi connectivity index (χ4v) is 1.70. The van der Waals surface area contributed by atoms with E-state index in [1.165, 1.54) is 11.1 Å². The predicted octanol–water partition coefficient (Wildman–Crippen LogP) is 2.84. The molecule has 0 atom stereocenters. The molecule has 0 aliphatic rings. The van der Waals surface area contributed by atoms with E-state index in [1.54, 1.807) is 0 Å². The first-order chi connectivity index (χ1) is 7.88. The summed E-state index contributed by atoms with van der Waals surface area (Å²) in [6.45, 7) is 7.26. The van der Waals surface area contributed by atoms with Crippen molar-refractivity contribution >= 4 is 0 Å². The molecule has 0 saturated carbocycles. The average Bonchev–Trinajstić information content (AvgIpc) is 2.32. The van der Waals surface area contributed by atoms with Crippen molar-refractivity contribution in [3.05, 3.63) is 35.4 Å². The first kappa shape index (κ1) is 13.2. The van der Waals surface area contributed by atoms with Crippen LogP contribution in [0.1, 0.15) is 25.0 Å². The van der Waals surface area contributed by atoms with E-state index in [4.69, 9.17) is 9.47 Å². The van der Waals surface area contributed by atoms with E-state index >= 15 is 0 Å². The molecular formula is C14H22O2. The normalized spacial score (nSPS) is 10.6. The molecule has 1 aromatic carbocycles. The second-order valence-electron chi connectivity index (χ2n) is 3.66. The largest absolute Gasteiger partial charge is 0.381 e. The Morgan fingerprint density at radius 1 is 0.812 bits per heavy atom. The van der Waals surface area contributed by atoms with Crippen molar-refractivity contribution in [2.45, 2.75) is 26.7 Å². The van der Waals surface area contributed by atoms with Crippen LogP contribution >= 0.6 is 0 Å². The molecule has 90 valence electrons. The minimum Gasteiger partial charge on any atom is -0.381 e. The molecule has 0 radical (unpaired) electrons. The number of hydrogen-bond acceptors (Lipinski definition) is 2. The quantitative estimate of drug-likeness (QED) is 0.630. The first-order valence-electron chi connectivity index (χ1n) is 6.10. The second kappa shape index (κ2) is 8.31. The molecule has 0 unspecified atom stereocenters. The maximum atomic E-state index is 5.39. The number of benzene rings is 1. The third kappa shape index (κ3) is 4.77. The third-order valence-electron chi connectivity index (χ3n) is 2.56. The Labute approximate surface area is 98.6 Å². The summed E-state index contributed by atoms with van der Waals surface area (Å²) in [5.41, 5.74) is 2.77.